The molecule has 0 radical (unpaired) electrons. The number of anilines is 1. The molecule has 0 saturated carbocycles. The lowest BCUT2D eigenvalue weighted by Gasteiger charge is -2.25. The van der Waals surface area contributed by atoms with Crippen LogP contribution in [0.15, 0.2) is 12.1 Å². The number of nitrogens with one attached hydrogen (secondary N) is 2. The fourth-order valence-electron chi connectivity index (χ4n) is 2.48. The van der Waals surface area contributed by atoms with Crippen molar-refractivity contribution in [1.29, 1.82) is 0 Å². The van der Waals surface area contributed by atoms with Crippen LogP contribution < -0.4 is 20.1 Å². The van der Waals surface area contributed by atoms with E-state index in [-0.39, 0.29) is 37.1 Å². The molecule has 1 aromatic rings. The molecule has 2 rings (SSSR count). The number of benzene rings is 1. The van der Waals surface area contributed by atoms with Gasteiger partial charge in [-0.2, -0.15) is 0 Å². The van der Waals surface area contributed by atoms with Gasteiger partial charge in [0.1, 0.15) is 30.8 Å². The number of amides is 1. The number of halogens is 1. The van der Waals surface area contributed by atoms with E-state index in [1.807, 2.05) is 20.8 Å². The summed E-state index contributed by atoms with van der Waals surface area (Å²) in [6.07, 6.45) is 5.54. The van der Waals surface area contributed by atoms with Crippen LogP contribution >= 0.6 is 12.4 Å². The highest BCUT2D eigenvalue weighted by Crippen LogP contribution is 2.38. The van der Waals surface area contributed by atoms with Gasteiger partial charge in [0.2, 0.25) is 5.91 Å². The Kier molecular flexibility index (Phi) is 8.22. The third-order valence-electron chi connectivity index (χ3n) is 3.71. The van der Waals surface area contributed by atoms with E-state index in [0.29, 0.717) is 36.6 Å². The van der Waals surface area contributed by atoms with Crippen LogP contribution in [0.2, 0.25) is 0 Å². The van der Waals surface area contributed by atoms with Crippen molar-refractivity contribution in [2.45, 2.75) is 45.3 Å². The minimum absolute atomic E-state index is 0. The van der Waals surface area contributed by atoms with Crippen molar-refractivity contribution in [2.24, 2.45) is 0 Å². The first-order chi connectivity index (χ1) is 11.8. The normalized spacial score (nSPS) is 14.3. The number of β-amino-alcohol motifs (C(OH)–C–C–N with tert-alkyl or cyclic N) is 1. The highest BCUT2D eigenvalue weighted by atomic mass is 35.5. The predicted molar refractivity (Wildman–Crippen MR) is 104 cm³/mol. The van der Waals surface area contributed by atoms with Crippen LogP contribution in [0.4, 0.5) is 5.69 Å². The Labute approximate surface area is 161 Å². The van der Waals surface area contributed by atoms with Gasteiger partial charge in [0, 0.05) is 24.1 Å². The minimum atomic E-state index is -0.634. The molecule has 1 aromatic carbocycles. The van der Waals surface area contributed by atoms with Crippen LogP contribution in [0, 0.1) is 12.3 Å². The second-order valence-corrected chi connectivity index (χ2v) is 7.05. The minimum Gasteiger partial charge on any atom is -0.490 e. The number of aliphatic hydroxyl groups excluding tert-OH is 1. The Morgan fingerprint density at radius 1 is 1.31 bits per heavy atom. The summed E-state index contributed by atoms with van der Waals surface area (Å²) in [4.78, 5) is 11.7. The lowest BCUT2D eigenvalue weighted by Crippen LogP contribution is -2.42. The molecule has 0 bridgehead atoms. The van der Waals surface area contributed by atoms with Gasteiger partial charge in [0.05, 0.1) is 5.69 Å². The predicted octanol–water partition coefficient (Wildman–Crippen LogP) is 2.13. The Balaban J connectivity index is 0.00000338. The molecule has 0 aromatic heterocycles. The molecule has 1 atom stereocenters. The van der Waals surface area contributed by atoms with Crippen molar-refractivity contribution in [3.8, 4) is 23.8 Å². The molecule has 7 heteroatoms. The SMILES string of the molecule is C#CCOc1ccc(OCC(O)CNC(C)(C)C)c2c1NC(=O)CC2.Cl. The van der Waals surface area contributed by atoms with E-state index in [0.717, 1.165) is 5.56 Å². The number of aliphatic hydroxyl groups is 1. The summed E-state index contributed by atoms with van der Waals surface area (Å²) in [5.74, 6) is 3.51. The first kappa shape index (κ1) is 22.1. The lowest BCUT2D eigenvalue weighted by atomic mass is 10.0. The molecule has 3 N–H and O–H groups in total. The number of hydrogen-bond donors (Lipinski definition) is 3. The van der Waals surface area contributed by atoms with Crippen LogP contribution in [-0.2, 0) is 11.2 Å². The van der Waals surface area contributed by atoms with Crippen molar-refractivity contribution in [1.82, 2.24) is 5.32 Å². The van der Waals surface area contributed by atoms with E-state index in [2.05, 4.69) is 16.6 Å². The first-order valence-electron chi connectivity index (χ1n) is 8.38. The molecule has 6 nitrogen and oxygen atoms in total. The maximum atomic E-state index is 11.7. The summed E-state index contributed by atoms with van der Waals surface area (Å²) in [7, 11) is 0. The molecule has 0 fully saturated rings. The van der Waals surface area contributed by atoms with Crippen LogP contribution in [0.25, 0.3) is 0 Å². The van der Waals surface area contributed by atoms with Crippen LogP contribution in [-0.4, -0.2) is 42.4 Å². The van der Waals surface area contributed by atoms with Gasteiger partial charge in [0.15, 0.2) is 0 Å². The molecule has 1 aliphatic rings. The van der Waals surface area contributed by atoms with Gasteiger partial charge in [-0.3, -0.25) is 4.79 Å². The van der Waals surface area contributed by atoms with Gasteiger partial charge >= 0.3 is 0 Å². The molecule has 0 aliphatic carbocycles. The van der Waals surface area contributed by atoms with Crippen molar-refractivity contribution in [3.05, 3.63) is 17.7 Å². The monoisotopic (exact) mass is 382 g/mol. The Morgan fingerprint density at radius 2 is 2.00 bits per heavy atom. The van der Waals surface area contributed by atoms with Gasteiger partial charge in [-0.05, 0) is 39.3 Å². The van der Waals surface area contributed by atoms with Gasteiger partial charge in [-0.15, -0.1) is 18.8 Å². The topological polar surface area (TPSA) is 79.8 Å². The Morgan fingerprint density at radius 3 is 2.65 bits per heavy atom. The number of ether oxygens (including phenoxy) is 2. The fraction of sp³-hybridized carbons (Fsp3) is 0.526. The number of carbonyl (C=O) groups is 1. The van der Waals surface area contributed by atoms with Crippen LogP contribution in [0.1, 0.15) is 32.8 Å². The summed E-state index contributed by atoms with van der Waals surface area (Å²) in [5, 5.41) is 16.1. The number of terminal acetylenes is 1. The molecule has 0 spiro atoms. The summed E-state index contributed by atoms with van der Waals surface area (Å²) in [5.41, 5.74) is 1.40. The van der Waals surface area contributed by atoms with Gasteiger partial charge in [0.25, 0.3) is 0 Å². The smallest absolute Gasteiger partial charge is 0.224 e. The summed E-state index contributed by atoms with van der Waals surface area (Å²) in [6, 6.07) is 3.50. The zero-order valence-corrected chi connectivity index (χ0v) is 16.2. The fourth-order valence-corrected chi connectivity index (χ4v) is 2.48. The van der Waals surface area contributed by atoms with Gasteiger partial charge in [-0.1, -0.05) is 5.92 Å². The molecule has 1 amide bonds. The molecule has 26 heavy (non-hydrogen) atoms. The van der Waals surface area contributed by atoms with Gasteiger partial charge in [-0.25, -0.2) is 0 Å². The molecule has 144 valence electrons. The van der Waals surface area contributed by atoms with E-state index in [1.165, 1.54) is 0 Å². The highest BCUT2D eigenvalue weighted by Gasteiger charge is 2.23. The highest BCUT2D eigenvalue weighted by molar-refractivity contribution is 5.96. The summed E-state index contributed by atoms with van der Waals surface area (Å²) < 4.78 is 11.3. The third kappa shape index (κ3) is 6.41. The Bertz CT molecular complexity index is 665. The van der Waals surface area contributed by atoms with Crippen LogP contribution in [0.3, 0.4) is 0 Å². The van der Waals surface area contributed by atoms with Crippen LogP contribution in [0.5, 0.6) is 11.5 Å². The second kappa shape index (κ2) is 9.67. The van der Waals surface area contributed by atoms with Gasteiger partial charge < -0.3 is 25.2 Å². The third-order valence-corrected chi connectivity index (χ3v) is 3.71. The zero-order valence-electron chi connectivity index (χ0n) is 15.4. The zero-order chi connectivity index (χ0) is 18.4. The first-order valence-corrected chi connectivity index (χ1v) is 8.38. The summed E-state index contributed by atoms with van der Waals surface area (Å²) >= 11 is 0. The molecule has 1 aliphatic heterocycles. The quantitative estimate of drug-likeness (QED) is 0.629. The maximum absolute atomic E-state index is 11.7. The number of hydrogen-bond acceptors (Lipinski definition) is 5. The van der Waals surface area contributed by atoms with Crippen molar-refractivity contribution >= 4 is 24.0 Å². The summed E-state index contributed by atoms with van der Waals surface area (Å²) in [6.45, 7) is 6.83. The standard InChI is InChI=1S/C19H26N2O4.ClH/c1-5-10-24-16-8-7-15(14-6-9-17(23)21-18(14)16)25-12-13(22)11-20-19(2,3)4;/h1,7-8,13,20,22H,6,9-12H2,2-4H3,(H,21,23);1H. The largest absolute Gasteiger partial charge is 0.490 e. The molecule has 0 saturated heterocycles. The van der Waals surface area contributed by atoms with E-state index in [9.17, 15) is 9.90 Å². The van der Waals surface area contributed by atoms with Crippen molar-refractivity contribution < 1.29 is 19.4 Å². The number of carbonyl (C=O) groups excluding carboxylic acids is 1. The Hall–Kier alpha value is -1.94. The average molecular weight is 383 g/mol. The molecule has 1 unspecified atom stereocenters. The lowest BCUT2D eigenvalue weighted by molar-refractivity contribution is -0.116. The van der Waals surface area contributed by atoms with E-state index < -0.39 is 6.10 Å². The average Bonchev–Trinajstić information content (AvgIpc) is 2.55. The van der Waals surface area contributed by atoms with E-state index in [4.69, 9.17) is 15.9 Å². The van der Waals surface area contributed by atoms with Crippen molar-refractivity contribution in [2.75, 3.05) is 25.1 Å². The molecule has 1 heterocycles. The van der Waals surface area contributed by atoms with E-state index >= 15 is 0 Å². The van der Waals surface area contributed by atoms with Crippen molar-refractivity contribution in [3.63, 3.8) is 0 Å². The molecular formula is C19H27ClN2O4. The number of rotatable bonds is 7. The number of fused-ring (bicyclic) bond motifs is 1. The van der Waals surface area contributed by atoms with E-state index in [1.54, 1.807) is 12.1 Å². The molecular weight excluding hydrogens is 356 g/mol. The maximum Gasteiger partial charge on any atom is 0.224 e. The second-order valence-electron chi connectivity index (χ2n) is 7.05.